The van der Waals surface area contributed by atoms with Gasteiger partial charge < -0.3 is 15.7 Å². The average Bonchev–Trinajstić information content (AvgIpc) is 3.25. The highest BCUT2D eigenvalue weighted by molar-refractivity contribution is 7.22. The number of benzene rings is 1. The number of carbonyl (C=O) groups is 1. The summed E-state index contributed by atoms with van der Waals surface area (Å²) in [4.78, 5) is 12.5. The van der Waals surface area contributed by atoms with Crippen LogP contribution in [0.15, 0.2) is 30.3 Å². The molecule has 4 rings (SSSR count). The quantitative estimate of drug-likeness (QED) is 0.648. The molecule has 1 atom stereocenters. The summed E-state index contributed by atoms with van der Waals surface area (Å²) in [5.74, 6) is -0.443. The third-order valence-electron chi connectivity index (χ3n) is 4.18. The number of carboxylic acid groups (broad SMARTS) is 1. The normalized spacial score (nSPS) is 17.1. The van der Waals surface area contributed by atoms with Gasteiger partial charge >= 0.3 is 5.97 Å². The Balaban J connectivity index is 1.82. The van der Waals surface area contributed by atoms with Crippen molar-refractivity contribution in [2.45, 2.75) is 12.5 Å². The lowest BCUT2D eigenvalue weighted by Gasteiger charge is -2.12. The van der Waals surface area contributed by atoms with Crippen LogP contribution in [0.2, 0.25) is 5.02 Å². The highest BCUT2D eigenvalue weighted by atomic mass is 35.5. The summed E-state index contributed by atoms with van der Waals surface area (Å²) in [6, 6.07) is 9.71. The lowest BCUT2D eigenvalue weighted by Crippen LogP contribution is -2.23. The van der Waals surface area contributed by atoms with E-state index >= 15 is 0 Å². The van der Waals surface area contributed by atoms with Crippen molar-refractivity contribution in [2.75, 3.05) is 18.4 Å². The number of rotatable bonds is 4. The molecule has 0 bridgehead atoms. The van der Waals surface area contributed by atoms with Gasteiger partial charge in [-0.15, -0.1) is 21.5 Å². The molecule has 2 aromatic heterocycles. The maximum absolute atomic E-state index is 11.5. The van der Waals surface area contributed by atoms with Crippen LogP contribution < -0.4 is 10.6 Å². The van der Waals surface area contributed by atoms with E-state index in [4.69, 9.17) is 11.6 Å². The van der Waals surface area contributed by atoms with Crippen molar-refractivity contribution in [3.05, 3.63) is 41.0 Å². The minimum Gasteiger partial charge on any atom is -0.476 e. The maximum Gasteiger partial charge on any atom is 0.357 e. The number of hydrogen-bond acceptors (Lipinski definition) is 6. The largest absolute Gasteiger partial charge is 0.476 e. The molecule has 1 fully saturated rings. The third-order valence-corrected chi connectivity index (χ3v) is 5.63. The van der Waals surface area contributed by atoms with E-state index in [1.807, 2.05) is 30.3 Å². The SMILES string of the molecule is O=C(O)c1nnc(NC2CCNC2)c2cc(-c3ccc(Cl)cc3)sc12. The van der Waals surface area contributed by atoms with Gasteiger partial charge in [0.15, 0.2) is 11.5 Å². The van der Waals surface area contributed by atoms with Gasteiger partial charge in [-0.1, -0.05) is 23.7 Å². The van der Waals surface area contributed by atoms with Gasteiger partial charge in [0.25, 0.3) is 0 Å². The van der Waals surface area contributed by atoms with Crippen molar-refractivity contribution in [3.8, 4) is 10.4 Å². The molecule has 1 aliphatic heterocycles. The van der Waals surface area contributed by atoms with Crippen molar-refractivity contribution in [3.63, 3.8) is 0 Å². The average molecular weight is 375 g/mol. The fraction of sp³-hybridized carbons (Fsp3) is 0.235. The zero-order valence-electron chi connectivity index (χ0n) is 13.1. The molecule has 3 heterocycles. The Hall–Kier alpha value is -2.22. The van der Waals surface area contributed by atoms with Crippen molar-refractivity contribution in [1.29, 1.82) is 0 Å². The number of hydrogen-bond donors (Lipinski definition) is 3. The molecule has 25 heavy (non-hydrogen) atoms. The molecule has 8 heteroatoms. The number of anilines is 1. The summed E-state index contributed by atoms with van der Waals surface area (Å²) >= 11 is 7.36. The lowest BCUT2D eigenvalue weighted by molar-refractivity contribution is 0.0692. The Morgan fingerprint density at radius 2 is 2.12 bits per heavy atom. The Bertz CT molecular complexity index is 936. The van der Waals surface area contributed by atoms with Crippen LogP contribution >= 0.6 is 22.9 Å². The minimum absolute atomic E-state index is 0.0182. The summed E-state index contributed by atoms with van der Waals surface area (Å²) in [6.45, 7) is 1.82. The van der Waals surface area contributed by atoms with Gasteiger partial charge in [-0.25, -0.2) is 4.79 Å². The molecule has 3 N–H and O–H groups in total. The number of aromatic nitrogens is 2. The van der Waals surface area contributed by atoms with E-state index in [2.05, 4.69) is 20.8 Å². The summed E-state index contributed by atoms with van der Waals surface area (Å²) in [6.07, 6.45) is 0.998. The second-order valence-electron chi connectivity index (χ2n) is 5.90. The molecule has 0 spiro atoms. The van der Waals surface area contributed by atoms with E-state index in [0.717, 1.165) is 35.3 Å². The second-order valence-corrected chi connectivity index (χ2v) is 7.39. The van der Waals surface area contributed by atoms with Crippen LogP contribution in [0.3, 0.4) is 0 Å². The number of fused-ring (bicyclic) bond motifs is 1. The standard InChI is InChI=1S/C17H15ClN4O2S/c18-10-3-1-9(2-4-10)13-7-12-15(25-13)14(17(23)24)21-22-16(12)20-11-5-6-19-8-11/h1-4,7,11,19H,5-6,8H2,(H,20,22)(H,23,24). The topological polar surface area (TPSA) is 87.1 Å². The number of nitrogens with one attached hydrogen (secondary N) is 2. The Kier molecular flexibility index (Phi) is 4.29. The van der Waals surface area contributed by atoms with E-state index in [9.17, 15) is 9.90 Å². The van der Waals surface area contributed by atoms with Crippen LogP contribution in [0.5, 0.6) is 0 Å². The second kappa shape index (κ2) is 6.59. The molecular weight excluding hydrogens is 360 g/mol. The van der Waals surface area contributed by atoms with Crippen LogP contribution in [-0.2, 0) is 0 Å². The van der Waals surface area contributed by atoms with E-state index in [1.165, 1.54) is 11.3 Å². The summed E-state index contributed by atoms with van der Waals surface area (Å²) in [7, 11) is 0. The predicted octanol–water partition coefficient (Wildman–Crippen LogP) is 3.48. The van der Waals surface area contributed by atoms with E-state index < -0.39 is 5.97 Å². The van der Waals surface area contributed by atoms with Crippen LogP contribution in [0.1, 0.15) is 16.9 Å². The molecule has 3 aromatic rings. The fourth-order valence-electron chi connectivity index (χ4n) is 2.92. The number of nitrogens with zero attached hydrogens (tertiary/aromatic N) is 2. The van der Waals surface area contributed by atoms with Crippen LogP contribution in [-0.4, -0.2) is 40.4 Å². The van der Waals surface area contributed by atoms with E-state index in [-0.39, 0.29) is 11.7 Å². The molecule has 1 saturated heterocycles. The van der Waals surface area contributed by atoms with Gasteiger partial charge in [-0.3, -0.25) is 0 Å². The highest BCUT2D eigenvalue weighted by Gasteiger charge is 2.21. The first kappa shape index (κ1) is 16.3. The summed E-state index contributed by atoms with van der Waals surface area (Å²) < 4.78 is 0.626. The van der Waals surface area contributed by atoms with Crippen LogP contribution in [0.25, 0.3) is 20.5 Å². The predicted molar refractivity (Wildman–Crippen MR) is 99.7 cm³/mol. The summed E-state index contributed by atoms with van der Waals surface area (Å²) in [5, 5.41) is 25.6. The molecular formula is C17H15ClN4O2S. The molecule has 128 valence electrons. The monoisotopic (exact) mass is 374 g/mol. The lowest BCUT2D eigenvalue weighted by atomic mass is 10.1. The first-order chi connectivity index (χ1) is 12.1. The molecule has 1 aromatic carbocycles. The van der Waals surface area contributed by atoms with Crippen LogP contribution in [0, 0.1) is 0 Å². The van der Waals surface area contributed by atoms with Gasteiger partial charge in [0, 0.05) is 27.9 Å². The van der Waals surface area contributed by atoms with E-state index in [0.29, 0.717) is 15.5 Å². The van der Waals surface area contributed by atoms with Gasteiger partial charge in [0.2, 0.25) is 0 Å². The number of aromatic carboxylic acids is 1. The molecule has 1 unspecified atom stereocenters. The summed E-state index contributed by atoms with van der Waals surface area (Å²) in [5.41, 5.74) is 0.964. The first-order valence-electron chi connectivity index (χ1n) is 7.88. The van der Waals surface area contributed by atoms with Crippen molar-refractivity contribution in [1.82, 2.24) is 15.5 Å². The molecule has 0 amide bonds. The van der Waals surface area contributed by atoms with Crippen molar-refractivity contribution in [2.24, 2.45) is 0 Å². The zero-order chi connectivity index (χ0) is 17.4. The van der Waals surface area contributed by atoms with E-state index in [1.54, 1.807) is 0 Å². The Morgan fingerprint density at radius 1 is 1.32 bits per heavy atom. The molecule has 1 aliphatic rings. The van der Waals surface area contributed by atoms with Crippen LogP contribution in [0.4, 0.5) is 5.82 Å². The van der Waals surface area contributed by atoms with Gasteiger partial charge in [0.1, 0.15) is 0 Å². The molecule has 0 radical (unpaired) electrons. The van der Waals surface area contributed by atoms with Gasteiger partial charge in [-0.05, 0) is 36.7 Å². The third kappa shape index (κ3) is 3.18. The maximum atomic E-state index is 11.5. The minimum atomic E-state index is -1.07. The zero-order valence-corrected chi connectivity index (χ0v) is 14.7. The highest BCUT2D eigenvalue weighted by Crippen LogP contribution is 2.38. The Labute approximate surface area is 152 Å². The Morgan fingerprint density at radius 3 is 2.80 bits per heavy atom. The first-order valence-corrected chi connectivity index (χ1v) is 9.08. The van der Waals surface area contributed by atoms with Gasteiger partial charge in [0.05, 0.1) is 4.70 Å². The van der Waals surface area contributed by atoms with Crippen molar-refractivity contribution < 1.29 is 9.90 Å². The molecule has 0 aliphatic carbocycles. The molecule has 0 saturated carbocycles. The number of thiophene rings is 1. The number of carboxylic acids is 1. The number of halogens is 1. The van der Waals surface area contributed by atoms with Crippen molar-refractivity contribution >= 4 is 44.8 Å². The molecule has 6 nitrogen and oxygen atoms in total. The fourth-order valence-corrected chi connectivity index (χ4v) is 4.18. The smallest absolute Gasteiger partial charge is 0.357 e. The van der Waals surface area contributed by atoms with Gasteiger partial charge in [-0.2, -0.15) is 0 Å².